The van der Waals surface area contributed by atoms with Crippen molar-refractivity contribution in [3.05, 3.63) is 52.6 Å². The Kier molecular flexibility index (Phi) is 5.54. The van der Waals surface area contributed by atoms with E-state index in [1.54, 1.807) is 0 Å². The number of ketones is 1. The highest BCUT2D eigenvalue weighted by atomic mass is 16.5. The molecule has 1 heterocycles. The second kappa shape index (κ2) is 8.15. The van der Waals surface area contributed by atoms with E-state index in [0.29, 0.717) is 31.3 Å². The van der Waals surface area contributed by atoms with Gasteiger partial charge in [-0.1, -0.05) is 25.0 Å². The quantitative estimate of drug-likeness (QED) is 0.652. The highest BCUT2D eigenvalue weighted by molar-refractivity contribution is 5.93. The van der Waals surface area contributed by atoms with E-state index in [2.05, 4.69) is 47.9 Å². The van der Waals surface area contributed by atoms with Crippen LogP contribution >= 0.6 is 0 Å². The van der Waals surface area contributed by atoms with Crippen LogP contribution in [0.4, 0.5) is 5.69 Å². The zero-order chi connectivity index (χ0) is 23.4. The maximum atomic E-state index is 12.2. The van der Waals surface area contributed by atoms with Gasteiger partial charge in [-0.05, 0) is 91.4 Å². The summed E-state index contributed by atoms with van der Waals surface area (Å²) in [6.07, 6.45) is 6.70. The molecule has 174 valence electrons. The van der Waals surface area contributed by atoms with Gasteiger partial charge in [0.15, 0.2) is 5.78 Å². The van der Waals surface area contributed by atoms with Crippen molar-refractivity contribution in [2.24, 2.45) is 17.3 Å². The molecule has 5 rings (SSSR count). The van der Waals surface area contributed by atoms with Crippen LogP contribution in [0.5, 0.6) is 0 Å². The normalized spacial score (nSPS) is 35.5. The van der Waals surface area contributed by atoms with E-state index >= 15 is 0 Å². The van der Waals surface area contributed by atoms with Crippen molar-refractivity contribution in [2.45, 2.75) is 64.1 Å². The third kappa shape index (κ3) is 3.49. The van der Waals surface area contributed by atoms with Gasteiger partial charge in [0.2, 0.25) is 0 Å². The Labute approximate surface area is 197 Å². The number of hydrogen-bond donors (Lipinski definition) is 1. The number of anilines is 1. The van der Waals surface area contributed by atoms with Crippen LogP contribution in [0.25, 0.3) is 0 Å². The molecular formula is C29H35NO3. The summed E-state index contributed by atoms with van der Waals surface area (Å²) in [6, 6.07) is 8.65. The van der Waals surface area contributed by atoms with Gasteiger partial charge in [0.05, 0.1) is 6.61 Å². The topological polar surface area (TPSA) is 49.8 Å². The molecule has 2 fully saturated rings. The fourth-order valence-corrected chi connectivity index (χ4v) is 6.90. The standard InChI is InChI=1S/C29H35NO3/c1-5-15-29(32)16-14-25-24-12-8-20-17-22(31)11-13-23(20)26(24)27(33-18-28(25,29)2)19-6-9-21(10-7-19)30(3)4/h6-7,9-10,17,24-25,27,32H,8,11-14,16,18H2,1-4H3/t24?,25?,27-,28+,29+/m1/s1. The van der Waals surface area contributed by atoms with Crippen LogP contribution < -0.4 is 4.90 Å². The van der Waals surface area contributed by atoms with E-state index in [-0.39, 0.29) is 11.9 Å². The molecule has 3 aliphatic carbocycles. The Balaban J connectivity index is 1.66. The molecule has 0 radical (unpaired) electrons. The molecule has 0 aromatic heterocycles. The minimum absolute atomic E-state index is 0.153. The van der Waals surface area contributed by atoms with E-state index in [1.165, 1.54) is 16.7 Å². The predicted molar refractivity (Wildman–Crippen MR) is 131 cm³/mol. The number of fused-ring (bicyclic) bond motifs is 4. The Morgan fingerprint density at radius 2 is 1.88 bits per heavy atom. The second-order valence-corrected chi connectivity index (χ2v) is 10.7. The van der Waals surface area contributed by atoms with Gasteiger partial charge in [-0.3, -0.25) is 4.79 Å². The van der Waals surface area contributed by atoms with Crippen molar-refractivity contribution in [1.29, 1.82) is 0 Å². The highest BCUT2D eigenvalue weighted by Gasteiger charge is 2.61. The molecule has 1 saturated heterocycles. The van der Waals surface area contributed by atoms with Gasteiger partial charge in [0, 0.05) is 31.6 Å². The molecular weight excluding hydrogens is 410 g/mol. The second-order valence-electron chi connectivity index (χ2n) is 10.7. The summed E-state index contributed by atoms with van der Waals surface area (Å²) in [5, 5.41) is 11.7. The summed E-state index contributed by atoms with van der Waals surface area (Å²) in [4.78, 5) is 14.3. The van der Waals surface area contributed by atoms with Crippen LogP contribution in [-0.4, -0.2) is 37.2 Å². The number of carbonyl (C=O) groups excluding carboxylic acids is 1. The van der Waals surface area contributed by atoms with Crippen LogP contribution in [0.3, 0.4) is 0 Å². The van der Waals surface area contributed by atoms with Crippen LogP contribution in [0.1, 0.15) is 64.0 Å². The smallest absolute Gasteiger partial charge is 0.156 e. The van der Waals surface area contributed by atoms with Gasteiger partial charge < -0.3 is 14.7 Å². The van der Waals surface area contributed by atoms with E-state index < -0.39 is 11.0 Å². The first-order chi connectivity index (χ1) is 15.8. The number of aliphatic hydroxyl groups is 1. The van der Waals surface area contributed by atoms with Crippen molar-refractivity contribution in [2.75, 3.05) is 25.6 Å². The first-order valence-electron chi connectivity index (χ1n) is 12.3. The summed E-state index contributed by atoms with van der Waals surface area (Å²) in [7, 11) is 4.10. The Hall–Kier alpha value is -2.35. The third-order valence-electron chi connectivity index (χ3n) is 8.76. The Morgan fingerprint density at radius 3 is 2.58 bits per heavy atom. The molecule has 0 bridgehead atoms. The fraction of sp³-hybridized carbons (Fsp3) is 0.552. The monoisotopic (exact) mass is 445 g/mol. The molecule has 1 N–H and O–H groups in total. The predicted octanol–water partition coefficient (Wildman–Crippen LogP) is 4.99. The Bertz CT molecular complexity index is 1090. The number of carbonyl (C=O) groups is 1. The van der Waals surface area contributed by atoms with E-state index in [1.807, 2.05) is 27.1 Å². The molecule has 1 aromatic rings. The zero-order valence-corrected chi connectivity index (χ0v) is 20.3. The molecule has 0 spiro atoms. The van der Waals surface area contributed by atoms with Gasteiger partial charge in [-0.2, -0.15) is 0 Å². The first kappa shape index (κ1) is 22.4. The van der Waals surface area contributed by atoms with Crippen LogP contribution in [-0.2, 0) is 9.53 Å². The maximum Gasteiger partial charge on any atom is 0.156 e. The molecule has 5 atom stereocenters. The molecule has 2 unspecified atom stereocenters. The lowest BCUT2D eigenvalue weighted by atomic mass is 9.61. The third-order valence-corrected chi connectivity index (χ3v) is 8.76. The lowest BCUT2D eigenvalue weighted by Gasteiger charge is -2.42. The molecule has 1 aromatic carbocycles. The average Bonchev–Trinajstić information content (AvgIpc) is 2.96. The summed E-state index contributed by atoms with van der Waals surface area (Å²) in [5.74, 6) is 7.06. The van der Waals surface area contributed by atoms with Crippen LogP contribution in [0.15, 0.2) is 47.1 Å². The highest BCUT2D eigenvalue weighted by Crippen LogP contribution is 2.61. The van der Waals surface area contributed by atoms with Crippen molar-refractivity contribution in [1.82, 2.24) is 0 Å². The minimum Gasteiger partial charge on any atom is -0.378 e. The van der Waals surface area contributed by atoms with Crippen LogP contribution in [0, 0.1) is 29.1 Å². The van der Waals surface area contributed by atoms with Crippen molar-refractivity contribution < 1.29 is 14.6 Å². The van der Waals surface area contributed by atoms with Crippen LogP contribution in [0.2, 0.25) is 0 Å². The largest absolute Gasteiger partial charge is 0.378 e. The fourth-order valence-electron chi connectivity index (χ4n) is 6.90. The number of hydrogen-bond acceptors (Lipinski definition) is 4. The van der Waals surface area contributed by atoms with E-state index in [4.69, 9.17) is 4.74 Å². The number of benzene rings is 1. The van der Waals surface area contributed by atoms with Gasteiger partial charge in [-0.25, -0.2) is 0 Å². The van der Waals surface area contributed by atoms with Gasteiger partial charge in [0.25, 0.3) is 0 Å². The minimum atomic E-state index is -1.02. The van der Waals surface area contributed by atoms with E-state index in [9.17, 15) is 9.90 Å². The number of rotatable bonds is 2. The van der Waals surface area contributed by atoms with Crippen molar-refractivity contribution in [3.8, 4) is 11.8 Å². The molecule has 4 nitrogen and oxygen atoms in total. The number of allylic oxidation sites excluding steroid dienone is 3. The van der Waals surface area contributed by atoms with Gasteiger partial charge in [0.1, 0.15) is 11.7 Å². The maximum absolute atomic E-state index is 12.2. The molecule has 4 aliphatic rings. The lowest BCUT2D eigenvalue weighted by Crippen LogP contribution is -2.48. The molecule has 1 saturated carbocycles. The summed E-state index contributed by atoms with van der Waals surface area (Å²) in [5.41, 5.74) is 4.78. The number of nitrogens with zero attached hydrogens (tertiary/aromatic N) is 1. The zero-order valence-electron chi connectivity index (χ0n) is 20.3. The van der Waals surface area contributed by atoms with Crippen molar-refractivity contribution in [3.63, 3.8) is 0 Å². The van der Waals surface area contributed by atoms with Gasteiger partial charge in [-0.15, -0.1) is 5.92 Å². The molecule has 0 amide bonds. The summed E-state index contributed by atoms with van der Waals surface area (Å²) < 4.78 is 6.78. The van der Waals surface area contributed by atoms with Gasteiger partial charge >= 0.3 is 0 Å². The average molecular weight is 446 g/mol. The molecule has 4 heteroatoms. The van der Waals surface area contributed by atoms with E-state index in [0.717, 1.165) is 36.9 Å². The van der Waals surface area contributed by atoms with Crippen molar-refractivity contribution >= 4 is 11.5 Å². The summed E-state index contributed by atoms with van der Waals surface area (Å²) in [6.45, 7) is 4.48. The molecule has 1 aliphatic heterocycles. The number of ether oxygens (including phenoxy) is 1. The Morgan fingerprint density at radius 1 is 1.12 bits per heavy atom. The molecule has 33 heavy (non-hydrogen) atoms. The SMILES string of the molecule is CC#C[C@]1(O)CCC2C3CCC4=CC(=O)CCC4=C3[C@@H](c3ccc(N(C)C)cc3)OC[C@@]21C. The summed E-state index contributed by atoms with van der Waals surface area (Å²) >= 11 is 0. The first-order valence-corrected chi connectivity index (χ1v) is 12.3. The lowest BCUT2D eigenvalue weighted by molar-refractivity contribution is -0.114.